The minimum absolute atomic E-state index is 0.982. The molecular weight excluding hydrogens is 122 g/mol. The number of hydrogen-bond acceptors (Lipinski definition) is 1. The van der Waals surface area contributed by atoms with Crippen LogP contribution in [0.5, 0.6) is 0 Å². The lowest BCUT2D eigenvalue weighted by atomic mass is 10.2. The predicted octanol–water partition coefficient (Wildman–Crippen LogP) is 2.17. The number of fused-ring (bicyclic) bond motifs is 1. The summed E-state index contributed by atoms with van der Waals surface area (Å²) in [6, 6.07) is 8.29. The second-order valence-corrected chi connectivity index (χ2v) is 2.56. The van der Waals surface area contributed by atoms with Crippen LogP contribution in [0.25, 0.3) is 0 Å². The highest BCUT2D eigenvalue weighted by Gasteiger charge is 2.10. The molecule has 0 bridgehead atoms. The van der Waals surface area contributed by atoms with Crippen molar-refractivity contribution >= 4 is 5.69 Å². The van der Waals surface area contributed by atoms with Crippen molar-refractivity contribution in [3.63, 3.8) is 0 Å². The third-order valence-corrected chi connectivity index (χ3v) is 1.73. The Morgan fingerprint density at radius 1 is 1.30 bits per heavy atom. The summed E-state index contributed by atoms with van der Waals surface area (Å²) in [4.78, 5) is 0. The fourth-order valence-corrected chi connectivity index (χ4v) is 1.26. The minimum Gasteiger partial charge on any atom is -0.359 e. The Balaban J connectivity index is 2.51. The molecule has 0 saturated heterocycles. The van der Waals surface area contributed by atoms with Crippen molar-refractivity contribution in [3.8, 4) is 0 Å². The van der Waals surface area contributed by atoms with Gasteiger partial charge in [0.05, 0.1) is 0 Å². The molecule has 1 nitrogen and oxygen atoms in total. The first-order valence-electron chi connectivity index (χ1n) is 3.39. The number of benzene rings is 1. The van der Waals surface area contributed by atoms with E-state index in [0.29, 0.717) is 0 Å². The number of para-hydroxylation sites is 1. The van der Waals surface area contributed by atoms with Gasteiger partial charge in [0, 0.05) is 17.8 Å². The molecule has 10 heavy (non-hydrogen) atoms. The smallest absolute Gasteiger partial charge is 0.0418 e. The standard InChI is InChI=1S/C9H9N/c1-7-6-8-4-2-3-5-9(8)10-7/h2-5,10H,1,6H2. The van der Waals surface area contributed by atoms with E-state index in [2.05, 4.69) is 30.1 Å². The largest absolute Gasteiger partial charge is 0.359 e. The van der Waals surface area contributed by atoms with Crippen LogP contribution in [0.3, 0.4) is 0 Å². The highest BCUT2D eigenvalue weighted by Crippen LogP contribution is 2.25. The van der Waals surface area contributed by atoms with Crippen LogP contribution in [0.2, 0.25) is 0 Å². The van der Waals surface area contributed by atoms with E-state index >= 15 is 0 Å². The van der Waals surface area contributed by atoms with Gasteiger partial charge < -0.3 is 5.32 Å². The van der Waals surface area contributed by atoms with Gasteiger partial charge in [-0.2, -0.15) is 0 Å². The van der Waals surface area contributed by atoms with Crippen LogP contribution in [0.4, 0.5) is 5.69 Å². The van der Waals surface area contributed by atoms with E-state index in [0.717, 1.165) is 12.1 Å². The van der Waals surface area contributed by atoms with Crippen LogP contribution in [-0.4, -0.2) is 0 Å². The summed E-state index contributed by atoms with van der Waals surface area (Å²) in [5, 5.41) is 3.20. The summed E-state index contributed by atoms with van der Waals surface area (Å²) in [5.41, 5.74) is 3.67. The van der Waals surface area contributed by atoms with Gasteiger partial charge in [-0.05, 0) is 11.6 Å². The first-order valence-corrected chi connectivity index (χ1v) is 3.39. The van der Waals surface area contributed by atoms with Crippen LogP contribution in [0.15, 0.2) is 36.5 Å². The Morgan fingerprint density at radius 3 is 2.90 bits per heavy atom. The van der Waals surface area contributed by atoms with Crippen molar-refractivity contribution in [2.75, 3.05) is 5.32 Å². The van der Waals surface area contributed by atoms with Crippen molar-refractivity contribution in [1.82, 2.24) is 0 Å². The van der Waals surface area contributed by atoms with E-state index < -0.39 is 0 Å². The Labute approximate surface area is 60.4 Å². The van der Waals surface area contributed by atoms with Gasteiger partial charge in [0.2, 0.25) is 0 Å². The topological polar surface area (TPSA) is 12.0 Å². The van der Waals surface area contributed by atoms with E-state index in [4.69, 9.17) is 0 Å². The normalized spacial score (nSPS) is 14.6. The number of allylic oxidation sites excluding steroid dienone is 1. The molecule has 1 aromatic rings. The molecule has 0 amide bonds. The highest BCUT2D eigenvalue weighted by molar-refractivity contribution is 5.61. The number of nitrogens with one attached hydrogen (secondary N) is 1. The van der Waals surface area contributed by atoms with Gasteiger partial charge in [-0.15, -0.1) is 0 Å². The summed E-state index contributed by atoms with van der Waals surface area (Å²) in [7, 11) is 0. The number of anilines is 1. The van der Waals surface area contributed by atoms with Crippen molar-refractivity contribution in [2.24, 2.45) is 0 Å². The van der Waals surface area contributed by atoms with Crippen molar-refractivity contribution in [2.45, 2.75) is 6.42 Å². The van der Waals surface area contributed by atoms with E-state index in [-0.39, 0.29) is 0 Å². The maximum Gasteiger partial charge on any atom is 0.0418 e. The zero-order chi connectivity index (χ0) is 6.97. The fraction of sp³-hybridized carbons (Fsp3) is 0.111. The Morgan fingerprint density at radius 2 is 2.10 bits per heavy atom. The molecule has 0 fully saturated rings. The van der Waals surface area contributed by atoms with Crippen LogP contribution >= 0.6 is 0 Å². The molecule has 1 N–H and O–H groups in total. The Bertz CT molecular complexity index is 249. The molecule has 1 aromatic carbocycles. The van der Waals surface area contributed by atoms with Crippen LogP contribution in [0.1, 0.15) is 5.56 Å². The molecule has 0 aromatic heterocycles. The van der Waals surface area contributed by atoms with Crippen molar-refractivity contribution in [3.05, 3.63) is 42.1 Å². The monoisotopic (exact) mass is 131 g/mol. The van der Waals surface area contributed by atoms with E-state index in [9.17, 15) is 0 Å². The average Bonchev–Trinajstić information content (AvgIpc) is 2.27. The lowest BCUT2D eigenvalue weighted by Gasteiger charge is -1.95. The molecule has 0 unspecified atom stereocenters. The maximum absolute atomic E-state index is 3.86. The molecule has 1 aliphatic rings. The minimum atomic E-state index is 0.982. The van der Waals surface area contributed by atoms with E-state index in [1.165, 1.54) is 11.3 Å². The third kappa shape index (κ3) is 0.711. The molecule has 2 rings (SSSR count). The van der Waals surface area contributed by atoms with E-state index in [1.807, 2.05) is 6.07 Å². The van der Waals surface area contributed by atoms with Gasteiger partial charge in [0.15, 0.2) is 0 Å². The lowest BCUT2D eigenvalue weighted by Crippen LogP contribution is -1.86. The van der Waals surface area contributed by atoms with Crippen LogP contribution in [0, 0.1) is 0 Å². The SMILES string of the molecule is C=C1Cc2ccccc2N1. The summed E-state index contributed by atoms with van der Waals surface area (Å²) < 4.78 is 0. The Kier molecular flexibility index (Phi) is 1.04. The van der Waals surface area contributed by atoms with Crippen LogP contribution in [-0.2, 0) is 6.42 Å². The zero-order valence-electron chi connectivity index (χ0n) is 5.72. The van der Waals surface area contributed by atoms with Gasteiger partial charge in [0.1, 0.15) is 0 Å². The molecule has 1 heteroatoms. The molecular formula is C9H9N. The first kappa shape index (κ1) is 5.54. The summed E-state index contributed by atoms with van der Waals surface area (Å²) >= 11 is 0. The molecule has 0 spiro atoms. The van der Waals surface area contributed by atoms with Gasteiger partial charge in [0.25, 0.3) is 0 Å². The van der Waals surface area contributed by atoms with Gasteiger partial charge in [-0.3, -0.25) is 0 Å². The van der Waals surface area contributed by atoms with E-state index in [1.54, 1.807) is 0 Å². The molecule has 0 radical (unpaired) electrons. The fourth-order valence-electron chi connectivity index (χ4n) is 1.26. The average molecular weight is 131 g/mol. The molecule has 50 valence electrons. The molecule has 1 heterocycles. The highest BCUT2D eigenvalue weighted by atomic mass is 14.9. The number of rotatable bonds is 0. The predicted molar refractivity (Wildman–Crippen MR) is 42.9 cm³/mol. The number of hydrogen-bond donors (Lipinski definition) is 1. The van der Waals surface area contributed by atoms with Gasteiger partial charge in [-0.1, -0.05) is 24.8 Å². The quantitative estimate of drug-likeness (QED) is 0.569. The lowest BCUT2D eigenvalue weighted by molar-refractivity contribution is 1.26. The molecule has 1 aliphatic heterocycles. The van der Waals surface area contributed by atoms with Gasteiger partial charge >= 0.3 is 0 Å². The summed E-state index contributed by atoms with van der Waals surface area (Å²) in [6.45, 7) is 3.86. The second kappa shape index (κ2) is 1.87. The second-order valence-electron chi connectivity index (χ2n) is 2.56. The summed E-state index contributed by atoms with van der Waals surface area (Å²) in [5.74, 6) is 0. The zero-order valence-corrected chi connectivity index (χ0v) is 5.72. The first-order chi connectivity index (χ1) is 4.86. The molecule has 0 atom stereocenters. The van der Waals surface area contributed by atoms with Crippen LogP contribution < -0.4 is 5.32 Å². The summed E-state index contributed by atoms with van der Waals surface area (Å²) in [6.07, 6.45) is 0.982. The molecule has 0 aliphatic carbocycles. The molecule has 0 saturated carbocycles. The Hall–Kier alpha value is -1.24. The van der Waals surface area contributed by atoms with Gasteiger partial charge in [-0.25, -0.2) is 0 Å². The van der Waals surface area contributed by atoms with Crippen molar-refractivity contribution < 1.29 is 0 Å². The van der Waals surface area contributed by atoms with Crippen molar-refractivity contribution in [1.29, 1.82) is 0 Å². The third-order valence-electron chi connectivity index (χ3n) is 1.73. The maximum atomic E-state index is 3.86.